The minimum absolute atomic E-state index is 0.109. The van der Waals surface area contributed by atoms with Crippen LogP contribution in [0.1, 0.15) is 0 Å². The Morgan fingerprint density at radius 2 is 2.12 bits per heavy atom. The minimum Gasteiger partial charge on any atom is -0.360 e. The van der Waals surface area contributed by atoms with Crippen LogP contribution in [0, 0.1) is 10.1 Å². The van der Waals surface area contributed by atoms with E-state index in [0.717, 1.165) is 0 Å². The Balaban J connectivity index is 2.83. The van der Waals surface area contributed by atoms with Crippen LogP contribution >= 0.6 is 0 Å². The molecule has 17 heavy (non-hydrogen) atoms. The summed E-state index contributed by atoms with van der Waals surface area (Å²) in [6, 6.07) is 3.95. The molecular weight excluding hydrogens is 244 g/mol. The molecule has 88 valence electrons. The second-order valence-corrected chi connectivity index (χ2v) is 4.77. The van der Waals surface area contributed by atoms with Gasteiger partial charge in [-0.1, -0.05) is 0 Å². The largest absolute Gasteiger partial charge is 0.360 e. The Labute approximate surface area is 97.9 Å². The summed E-state index contributed by atoms with van der Waals surface area (Å²) >= 11 is 0. The zero-order valence-electron chi connectivity index (χ0n) is 8.80. The van der Waals surface area contributed by atoms with Gasteiger partial charge in [0.2, 0.25) is 5.43 Å². The van der Waals surface area contributed by atoms with Crippen molar-refractivity contribution in [2.45, 2.75) is 4.90 Å². The Morgan fingerprint density at radius 1 is 1.41 bits per heavy atom. The molecule has 1 atom stereocenters. The maximum Gasteiger partial charge on any atom is 0.270 e. The van der Waals surface area contributed by atoms with Gasteiger partial charge in [0.05, 0.1) is 21.1 Å². The van der Waals surface area contributed by atoms with E-state index in [9.17, 15) is 19.1 Å². The molecule has 0 saturated carbocycles. The van der Waals surface area contributed by atoms with E-state index in [1.54, 1.807) is 0 Å². The van der Waals surface area contributed by atoms with Gasteiger partial charge in [-0.15, -0.1) is 0 Å². The molecule has 0 amide bonds. The molecule has 0 bridgehead atoms. The fourth-order valence-corrected chi connectivity index (χ4v) is 2.11. The number of H-pyrrole nitrogens is 1. The average Bonchev–Trinajstić information content (AvgIpc) is 2.28. The molecule has 2 rings (SSSR count). The third-order valence-electron chi connectivity index (χ3n) is 2.35. The van der Waals surface area contributed by atoms with Crippen molar-refractivity contribution in [3.63, 3.8) is 0 Å². The van der Waals surface area contributed by atoms with Crippen LogP contribution in [-0.2, 0) is 10.8 Å². The first-order chi connectivity index (χ1) is 8.00. The van der Waals surface area contributed by atoms with Crippen LogP contribution in [0.2, 0.25) is 0 Å². The summed E-state index contributed by atoms with van der Waals surface area (Å²) in [5, 5.41) is 10.8. The molecule has 1 aromatic carbocycles. The average molecular weight is 252 g/mol. The zero-order valence-corrected chi connectivity index (χ0v) is 9.61. The lowest BCUT2D eigenvalue weighted by Gasteiger charge is -2.00. The topological polar surface area (TPSA) is 93.1 Å². The summed E-state index contributed by atoms with van der Waals surface area (Å²) in [5.41, 5.74) is -0.125. The van der Waals surface area contributed by atoms with E-state index in [4.69, 9.17) is 0 Å². The van der Waals surface area contributed by atoms with Gasteiger partial charge < -0.3 is 4.98 Å². The van der Waals surface area contributed by atoms with E-state index >= 15 is 0 Å². The number of hydrogen-bond donors (Lipinski definition) is 1. The first kappa shape index (κ1) is 11.5. The molecule has 1 heterocycles. The van der Waals surface area contributed by atoms with Crippen molar-refractivity contribution in [2.75, 3.05) is 6.26 Å². The highest BCUT2D eigenvalue weighted by Crippen LogP contribution is 2.17. The lowest BCUT2D eigenvalue weighted by atomic mass is 10.2. The van der Waals surface area contributed by atoms with Crippen LogP contribution in [0.3, 0.4) is 0 Å². The van der Waals surface area contributed by atoms with Gasteiger partial charge in [-0.3, -0.25) is 19.1 Å². The molecule has 0 aliphatic rings. The van der Waals surface area contributed by atoms with Gasteiger partial charge in [0.1, 0.15) is 4.90 Å². The van der Waals surface area contributed by atoms with E-state index in [0.29, 0.717) is 5.52 Å². The van der Waals surface area contributed by atoms with Crippen molar-refractivity contribution in [1.82, 2.24) is 4.98 Å². The number of nitro groups is 1. The molecule has 0 fully saturated rings. The number of pyridine rings is 1. The third-order valence-corrected chi connectivity index (χ3v) is 3.27. The summed E-state index contributed by atoms with van der Waals surface area (Å²) < 4.78 is 11.3. The van der Waals surface area contributed by atoms with Crippen molar-refractivity contribution < 1.29 is 9.13 Å². The van der Waals surface area contributed by atoms with Gasteiger partial charge in [-0.25, -0.2) is 0 Å². The molecule has 1 N–H and O–H groups in total. The van der Waals surface area contributed by atoms with Crippen molar-refractivity contribution >= 4 is 27.4 Å². The summed E-state index contributed by atoms with van der Waals surface area (Å²) in [5.74, 6) is 0. The van der Waals surface area contributed by atoms with Crippen LogP contribution in [0.5, 0.6) is 0 Å². The quantitative estimate of drug-likeness (QED) is 0.641. The number of nitrogens with zero attached hydrogens (tertiary/aromatic N) is 1. The van der Waals surface area contributed by atoms with Crippen molar-refractivity contribution in [1.29, 1.82) is 0 Å². The third kappa shape index (κ3) is 1.96. The number of benzene rings is 1. The van der Waals surface area contributed by atoms with Gasteiger partial charge in [0.25, 0.3) is 5.69 Å². The number of hydrogen-bond acceptors (Lipinski definition) is 4. The van der Waals surface area contributed by atoms with Gasteiger partial charge in [0, 0.05) is 30.1 Å². The number of rotatable bonds is 2. The van der Waals surface area contributed by atoms with Gasteiger partial charge in [-0.2, -0.15) is 0 Å². The van der Waals surface area contributed by atoms with Crippen molar-refractivity contribution in [3.05, 3.63) is 44.7 Å². The maximum atomic E-state index is 11.9. The molecule has 0 radical (unpaired) electrons. The number of aromatic amines is 1. The van der Waals surface area contributed by atoms with E-state index < -0.39 is 21.2 Å². The van der Waals surface area contributed by atoms with Crippen LogP contribution in [0.4, 0.5) is 5.69 Å². The van der Waals surface area contributed by atoms with E-state index in [1.165, 1.54) is 30.7 Å². The fraction of sp³-hybridized carbons (Fsp3) is 0.100. The SMILES string of the molecule is CS(=O)c1c[nH]c2ccc([N+](=O)[O-])cc2c1=O. The first-order valence-electron chi connectivity index (χ1n) is 4.64. The maximum absolute atomic E-state index is 11.9. The first-order valence-corrected chi connectivity index (χ1v) is 6.20. The lowest BCUT2D eigenvalue weighted by molar-refractivity contribution is -0.384. The minimum atomic E-state index is -1.43. The Morgan fingerprint density at radius 3 is 2.71 bits per heavy atom. The number of nitrogens with one attached hydrogen (secondary N) is 1. The van der Waals surface area contributed by atoms with Gasteiger partial charge >= 0.3 is 0 Å². The van der Waals surface area contributed by atoms with Crippen LogP contribution in [0.25, 0.3) is 10.9 Å². The summed E-state index contributed by atoms with van der Waals surface area (Å²) in [4.78, 5) is 24.8. The summed E-state index contributed by atoms with van der Waals surface area (Å²) in [7, 11) is -1.43. The molecule has 1 unspecified atom stereocenters. The Bertz CT molecular complexity index is 687. The Kier molecular flexibility index (Phi) is 2.76. The molecule has 0 spiro atoms. The van der Waals surface area contributed by atoms with Gasteiger partial charge in [-0.05, 0) is 6.07 Å². The lowest BCUT2D eigenvalue weighted by Crippen LogP contribution is -2.11. The molecule has 0 aliphatic carbocycles. The molecule has 0 aliphatic heterocycles. The molecule has 0 saturated heterocycles. The summed E-state index contributed by atoms with van der Waals surface area (Å²) in [6.45, 7) is 0. The molecule has 7 heteroatoms. The van der Waals surface area contributed by atoms with Crippen molar-refractivity contribution in [3.8, 4) is 0 Å². The smallest absolute Gasteiger partial charge is 0.270 e. The normalized spacial score (nSPS) is 12.5. The van der Waals surface area contributed by atoms with Crippen LogP contribution in [0.15, 0.2) is 34.1 Å². The van der Waals surface area contributed by atoms with Crippen LogP contribution in [-0.4, -0.2) is 20.4 Å². The van der Waals surface area contributed by atoms with Crippen molar-refractivity contribution in [2.24, 2.45) is 0 Å². The number of aromatic nitrogens is 1. The highest BCUT2D eigenvalue weighted by molar-refractivity contribution is 7.84. The second-order valence-electron chi connectivity index (χ2n) is 3.42. The molecule has 6 nitrogen and oxygen atoms in total. The standard InChI is InChI=1S/C10H8N2O4S/c1-17(16)9-5-11-8-3-2-6(12(14)15)4-7(8)10(9)13/h2-5H,1H3,(H,11,13). The number of non-ortho nitro benzene ring substituents is 1. The highest BCUT2D eigenvalue weighted by Gasteiger charge is 2.12. The zero-order chi connectivity index (χ0) is 12.6. The molecule has 1 aromatic heterocycles. The summed E-state index contributed by atoms with van der Waals surface area (Å²) in [6.07, 6.45) is 2.75. The molecule has 2 aromatic rings. The predicted octanol–water partition coefficient (Wildman–Crippen LogP) is 1.17. The number of nitro benzene ring substituents is 1. The fourth-order valence-electron chi connectivity index (χ4n) is 1.51. The highest BCUT2D eigenvalue weighted by atomic mass is 32.2. The second kappa shape index (κ2) is 4.10. The molecular formula is C10H8N2O4S. The predicted molar refractivity (Wildman–Crippen MR) is 63.6 cm³/mol. The van der Waals surface area contributed by atoms with E-state index in [1.807, 2.05) is 0 Å². The Hall–Kier alpha value is -2.02. The van der Waals surface area contributed by atoms with E-state index in [-0.39, 0.29) is 16.0 Å². The van der Waals surface area contributed by atoms with Crippen LogP contribution < -0.4 is 5.43 Å². The monoisotopic (exact) mass is 252 g/mol. The van der Waals surface area contributed by atoms with Gasteiger partial charge in [0.15, 0.2) is 0 Å². The number of fused-ring (bicyclic) bond motifs is 1. The van der Waals surface area contributed by atoms with E-state index in [2.05, 4.69) is 4.98 Å².